The lowest BCUT2D eigenvalue weighted by atomic mass is 10.00. The van der Waals surface area contributed by atoms with Gasteiger partial charge in [-0.15, -0.1) is 24.5 Å². The molecule has 2 aliphatic carbocycles. The highest BCUT2D eigenvalue weighted by molar-refractivity contribution is 7.21. The Labute approximate surface area is 255 Å². The molecule has 0 spiro atoms. The summed E-state index contributed by atoms with van der Waals surface area (Å²) in [6.07, 6.45) is -1.32. The number of rotatable bonds is 9. The number of alkyl halides is 3. The molecular weight excluding hydrogens is 595 g/mol. The predicted octanol–water partition coefficient (Wildman–Crippen LogP) is 6.19. The average Bonchev–Trinajstić information content (AvgIpc) is 3.66. The standard InChI is InChI=1S/C30H30F3N7O3S/c1-15(17-5-7-20(8-6-17)43-30(31,32)33)36-28-37-16(2)22(26(39-28)40-29(42)12-9-19(10-13-34)25(29)41)27-38-24-21(44-27)11-14-35-23(24)18-3-4-18/h5-8,11,14-15,18-19,25,41-42H,3-4,9-10,12H2,1-2H3,(H2,36,37,39,40). The van der Waals surface area contributed by atoms with Crippen molar-refractivity contribution in [3.63, 3.8) is 0 Å². The highest BCUT2D eigenvalue weighted by Crippen LogP contribution is 2.45. The number of hydrogen-bond donors (Lipinski definition) is 4. The van der Waals surface area contributed by atoms with Crippen LogP contribution >= 0.6 is 11.3 Å². The van der Waals surface area contributed by atoms with E-state index in [1.807, 2.05) is 6.07 Å². The molecule has 3 heterocycles. The summed E-state index contributed by atoms with van der Waals surface area (Å²) in [5, 5.41) is 38.6. The maximum atomic E-state index is 12.6. The number of anilines is 2. The van der Waals surface area contributed by atoms with Crippen molar-refractivity contribution in [2.75, 3.05) is 10.6 Å². The number of aliphatic hydroxyl groups is 2. The van der Waals surface area contributed by atoms with Gasteiger partial charge in [0, 0.05) is 24.5 Å². The molecule has 4 aromatic rings. The molecule has 0 saturated heterocycles. The first-order valence-corrected chi connectivity index (χ1v) is 15.1. The number of nitrogens with one attached hydrogen (secondary N) is 2. The molecule has 44 heavy (non-hydrogen) atoms. The lowest BCUT2D eigenvalue weighted by Gasteiger charge is -2.31. The zero-order valence-corrected chi connectivity index (χ0v) is 24.7. The molecule has 3 aromatic heterocycles. The van der Waals surface area contributed by atoms with Gasteiger partial charge in [0.2, 0.25) is 5.95 Å². The fourth-order valence-electron chi connectivity index (χ4n) is 5.63. The van der Waals surface area contributed by atoms with Crippen LogP contribution in [0.15, 0.2) is 36.5 Å². The van der Waals surface area contributed by atoms with Crippen LogP contribution < -0.4 is 15.4 Å². The van der Waals surface area contributed by atoms with Gasteiger partial charge in [-0.1, -0.05) is 12.1 Å². The number of pyridine rings is 1. The Morgan fingerprint density at radius 3 is 2.59 bits per heavy atom. The van der Waals surface area contributed by atoms with Gasteiger partial charge in [0.15, 0.2) is 5.72 Å². The zero-order valence-electron chi connectivity index (χ0n) is 23.9. The number of ether oxygens (including phenoxy) is 1. The first kappa shape index (κ1) is 30.0. The Balaban J connectivity index is 1.35. The van der Waals surface area contributed by atoms with Gasteiger partial charge < -0.3 is 25.6 Å². The number of benzene rings is 1. The molecule has 0 aliphatic heterocycles. The predicted molar refractivity (Wildman–Crippen MR) is 158 cm³/mol. The second kappa shape index (κ2) is 11.5. The van der Waals surface area contributed by atoms with Gasteiger partial charge >= 0.3 is 6.36 Å². The monoisotopic (exact) mass is 625 g/mol. The van der Waals surface area contributed by atoms with E-state index in [0.29, 0.717) is 34.2 Å². The van der Waals surface area contributed by atoms with E-state index in [-0.39, 0.29) is 30.4 Å². The van der Waals surface area contributed by atoms with Crippen molar-refractivity contribution >= 4 is 33.3 Å². The molecule has 2 fully saturated rings. The molecule has 0 bridgehead atoms. The third-order valence-corrected chi connectivity index (χ3v) is 9.12. The first-order chi connectivity index (χ1) is 20.9. The number of aryl methyl sites for hydroxylation is 1. The highest BCUT2D eigenvalue weighted by atomic mass is 32.1. The molecule has 2 aliphatic rings. The summed E-state index contributed by atoms with van der Waals surface area (Å²) >= 11 is 1.46. The van der Waals surface area contributed by atoms with E-state index in [2.05, 4.69) is 31.4 Å². The van der Waals surface area contributed by atoms with Crippen molar-refractivity contribution in [3.05, 3.63) is 53.5 Å². The largest absolute Gasteiger partial charge is 0.573 e. The first-order valence-electron chi connectivity index (χ1n) is 14.3. The number of nitrogens with zero attached hydrogens (tertiary/aromatic N) is 5. The summed E-state index contributed by atoms with van der Waals surface area (Å²) in [4.78, 5) is 18.9. The number of hydrogen-bond acceptors (Lipinski definition) is 11. The van der Waals surface area contributed by atoms with Crippen LogP contribution in [0.25, 0.3) is 20.8 Å². The summed E-state index contributed by atoms with van der Waals surface area (Å²) in [7, 11) is 0. The minimum atomic E-state index is -4.78. The van der Waals surface area contributed by atoms with Crippen LogP contribution in [0.5, 0.6) is 5.75 Å². The molecule has 4 atom stereocenters. The number of halogens is 3. The van der Waals surface area contributed by atoms with Gasteiger partial charge in [-0.3, -0.25) is 4.98 Å². The minimum absolute atomic E-state index is 0.104. The number of nitriles is 1. The number of thiazole rings is 1. The number of fused-ring (bicyclic) bond motifs is 1. The van der Waals surface area contributed by atoms with Crippen LogP contribution in [-0.2, 0) is 0 Å². The van der Waals surface area contributed by atoms with Crippen molar-refractivity contribution < 1.29 is 28.1 Å². The van der Waals surface area contributed by atoms with Gasteiger partial charge in [0.1, 0.15) is 28.2 Å². The third-order valence-electron chi connectivity index (χ3n) is 8.08. The van der Waals surface area contributed by atoms with Crippen molar-refractivity contribution in [2.24, 2.45) is 5.92 Å². The summed E-state index contributed by atoms with van der Waals surface area (Å²) < 4.78 is 42.7. The van der Waals surface area contributed by atoms with Crippen LogP contribution in [0.4, 0.5) is 24.9 Å². The molecule has 2 saturated carbocycles. The van der Waals surface area contributed by atoms with E-state index < -0.39 is 30.2 Å². The summed E-state index contributed by atoms with van der Waals surface area (Å²) in [5.41, 5.74) is 1.81. The Morgan fingerprint density at radius 2 is 1.91 bits per heavy atom. The lowest BCUT2D eigenvalue weighted by molar-refractivity contribution is -0.274. The van der Waals surface area contributed by atoms with Gasteiger partial charge in [-0.25, -0.2) is 9.97 Å². The maximum absolute atomic E-state index is 12.6. The molecule has 14 heteroatoms. The Bertz CT molecular complexity index is 1720. The summed E-state index contributed by atoms with van der Waals surface area (Å²) in [6.45, 7) is 3.60. The van der Waals surface area contributed by atoms with E-state index in [0.717, 1.165) is 28.8 Å². The molecule has 10 nitrogen and oxygen atoms in total. The van der Waals surface area contributed by atoms with Crippen LogP contribution in [0.2, 0.25) is 0 Å². The van der Waals surface area contributed by atoms with E-state index in [4.69, 9.17) is 9.97 Å². The van der Waals surface area contributed by atoms with Gasteiger partial charge in [0.05, 0.1) is 33.8 Å². The molecule has 4 unspecified atom stereocenters. The quantitative estimate of drug-likeness (QED) is 0.159. The van der Waals surface area contributed by atoms with Crippen LogP contribution in [0, 0.1) is 24.2 Å². The molecule has 0 radical (unpaired) electrons. The molecule has 1 aromatic carbocycles. The van der Waals surface area contributed by atoms with Gasteiger partial charge in [-0.2, -0.15) is 10.2 Å². The van der Waals surface area contributed by atoms with E-state index in [1.165, 1.54) is 35.6 Å². The zero-order chi connectivity index (χ0) is 31.2. The highest BCUT2D eigenvalue weighted by Gasteiger charge is 2.47. The van der Waals surface area contributed by atoms with Gasteiger partial charge in [-0.05, 0) is 63.3 Å². The minimum Gasteiger partial charge on any atom is -0.406 e. The Hall–Kier alpha value is -4.06. The van der Waals surface area contributed by atoms with Crippen LogP contribution in [-0.4, -0.2) is 48.3 Å². The second-order valence-corrected chi connectivity index (χ2v) is 12.4. The maximum Gasteiger partial charge on any atom is 0.573 e. The van der Waals surface area contributed by atoms with Gasteiger partial charge in [0.25, 0.3) is 0 Å². The van der Waals surface area contributed by atoms with Crippen molar-refractivity contribution in [3.8, 4) is 22.4 Å². The molecule has 4 N–H and O–H groups in total. The van der Waals surface area contributed by atoms with E-state index in [1.54, 1.807) is 20.0 Å². The average molecular weight is 626 g/mol. The molecule has 6 rings (SSSR count). The number of aromatic nitrogens is 4. The Morgan fingerprint density at radius 1 is 1.16 bits per heavy atom. The smallest absolute Gasteiger partial charge is 0.406 e. The molecular formula is C30H30F3N7O3S. The topological polar surface area (TPSA) is 149 Å². The fourth-order valence-corrected chi connectivity index (χ4v) is 6.70. The van der Waals surface area contributed by atoms with E-state index >= 15 is 0 Å². The van der Waals surface area contributed by atoms with Crippen molar-refractivity contribution in [1.29, 1.82) is 5.26 Å². The number of aliphatic hydroxyl groups excluding tert-OH is 1. The van der Waals surface area contributed by atoms with Crippen LogP contribution in [0.1, 0.15) is 67.9 Å². The normalized spacial score (nSPS) is 22.5. The van der Waals surface area contributed by atoms with Crippen molar-refractivity contribution in [1.82, 2.24) is 19.9 Å². The fraction of sp³-hybridized carbons (Fsp3) is 0.433. The summed E-state index contributed by atoms with van der Waals surface area (Å²) in [6, 6.07) is 9.06. The Kier molecular flexibility index (Phi) is 7.81. The van der Waals surface area contributed by atoms with Crippen LogP contribution in [0.3, 0.4) is 0 Å². The lowest BCUT2D eigenvalue weighted by Crippen LogP contribution is -2.47. The third kappa shape index (κ3) is 6.12. The molecule has 230 valence electrons. The van der Waals surface area contributed by atoms with Crippen molar-refractivity contribution in [2.45, 2.75) is 76.1 Å². The second-order valence-electron chi connectivity index (χ2n) is 11.3. The SMILES string of the molecule is Cc1nc(NC(C)c2ccc(OC(F)(F)F)cc2)nc(NC2(O)CCC(CC#N)C2O)c1-c1nc2c(C3CC3)nccc2s1. The molecule has 0 amide bonds. The van der Waals surface area contributed by atoms with E-state index in [9.17, 15) is 28.6 Å². The summed E-state index contributed by atoms with van der Waals surface area (Å²) in [5.74, 6) is 0.103.